The second-order valence-electron chi connectivity index (χ2n) is 6.62. The molecule has 0 spiro atoms. The Morgan fingerprint density at radius 2 is 1.80 bits per heavy atom. The first-order valence-corrected chi connectivity index (χ1v) is 10.4. The zero-order valence-corrected chi connectivity index (χ0v) is 18.6. The van der Waals surface area contributed by atoms with Gasteiger partial charge in [-0.05, 0) is 66.6 Å². The Morgan fingerprint density at radius 3 is 2.50 bits per heavy atom. The maximum absolute atomic E-state index is 12.8. The number of carbonyl (C=O) groups excluding carboxylic acids is 2. The van der Waals surface area contributed by atoms with Gasteiger partial charge in [0, 0.05) is 20.6 Å². The van der Waals surface area contributed by atoms with E-state index in [-0.39, 0.29) is 17.3 Å². The summed E-state index contributed by atoms with van der Waals surface area (Å²) in [5.41, 5.74) is 2.08. The topological polar surface area (TPSA) is 52.6 Å². The number of ether oxygens (including phenoxy) is 2. The van der Waals surface area contributed by atoms with Gasteiger partial charge in [0.05, 0.1) is 11.1 Å². The van der Waals surface area contributed by atoms with Crippen molar-refractivity contribution in [3.05, 3.63) is 97.1 Å². The van der Waals surface area contributed by atoms with Crippen LogP contribution in [0, 0.1) is 6.92 Å². The fraction of sp³-hybridized carbons (Fsp3) is 0.0435. The van der Waals surface area contributed by atoms with Gasteiger partial charge in [0.25, 0.3) is 0 Å². The van der Waals surface area contributed by atoms with Crippen molar-refractivity contribution in [2.75, 3.05) is 0 Å². The number of benzene rings is 3. The van der Waals surface area contributed by atoms with Crippen molar-refractivity contribution in [1.29, 1.82) is 0 Å². The molecule has 1 aliphatic heterocycles. The average molecular weight is 504 g/mol. The zero-order chi connectivity index (χ0) is 21.4. The Balaban J connectivity index is 1.61. The van der Waals surface area contributed by atoms with Crippen molar-refractivity contribution in [2.45, 2.75) is 6.92 Å². The van der Waals surface area contributed by atoms with E-state index >= 15 is 0 Å². The van der Waals surface area contributed by atoms with Crippen LogP contribution in [0.3, 0.4) is 0 Å². The Morgan fingerprint density at radius 1 is 1.07 bits per heavy atom. The van der Waals surface area contributed by atoms with Gasteiger partial charge in [-0.2, -0.15) is 0 Å². The van der Waals surface area contributed by atoms with Crippen LogP contribution in [0.4, 0.5) is 0 Å². The molecule has 0 saturated carbocycles. The molecule has 0 unspecified atom stereocenters. The molecule has 3 aromatic carbocycles. The predicted molar refractivity (Wildman–Crippen MR) is 120 cm³/mol. The quantitative estimate of drug-likeness (QED) is 0.221. The summed E-state index contributed by atoms with van der Waals surface area (Å²) in [6.07, 6.45) is 1.56. The van der Waals surface area contributed by atoms with E-state index in [2.05, 4.69) is 15.9 Å². The molecule has 150 valence electrons. The highest BCUT2D eigenvalue weighted by atomic mass is 79.9. The third-order valence-corrected chi connectivity index (χ3v) is 5.57. The number of carbonyl (C=O) groups is 2. The SMILES string of the molecule is Cc1cc(OC(=O)c2ccc(Br)cc2)cc2c1C(=O)/C(=C/c1ccc(Cl)cc1Cl)O2. The van der Waals surface area contributed by atoms with Crippen molar-refractivity contribution in [1.82, 2.24) is 0 Å². The fourth-order valence-electron chi connectivity index (χ4n) is 3.05. The minimum absolute atomic E-state index is 0.133. The highest BCUT2D eigenvalue weighted by molar-refractivity contribution is 9.10. The minimum Gasteiger partial charge on any atom is -0.452 e. The van der Waals surface area contributed by atoms with Crippen molar-refractivity contribution >= 4 is 57.0 Å². The predicted octanol–water partition coefficient (Wildman–Crippen LogP) is 6.90. The number of esters is 1. The lowest BCUT2D eigenvalue weighted by Crippen LogP contribution is -2.08. The number of rotatable bonds is 3. The number of allylic oxidation sites excluding steroid dienone is 1. The smallest absolute Gasteiger partial charge is 0.343 e. The van der Waals surface area contributed by atoms with Crippen LogP contribution >= 0.6 is 39.1 Å². The van der Waals surface area contributed by atoms with Gasteiger partial charge in [0.1, 0.15) is 11.5 Å². The summed E-state index contributed by atoms with van der Waals surface area (Å²) < 4.78 is 12.1. The van der Waals surface area contributed by atoms with Gasteiger partial charge in [-0.15, -0.1) is 0 Å². The molecule has 1 aliphatic rings. The lowest BCUT2D eigenvalue weighted by Gasteiger charge is -2.08. The van der Waals surface area contributed by atoms with Crippen LogP contribution in [0.15, 0.2) is 64.8 Å². The van der Waals surface area contributed by atoms with E-state index in [1.807, 2.05) is 0 Å². The van der Waals surface area contributed by atoms with Gasteiger partial charge >= 0.3 is 5.97 Å². The monoisotopic (exact) mass is 502 g/mol. The molecule has 0 aromatic heterocycles. The molecule has 30 heavy (non-hydrogen) atoms. The molecule has 0 bridgehead atoms. The minimum atomic E-state index is -0.505. The van der Waals surface area contributed by atoms with Gasteiger partial charge in [0.2, 0.25) is 5.78 Å². The number of hydrogen-bond donors (Lipinski definition) is 0. The Hall–Kier alpha value is -2.60. The summed E-state index contributed by atoms with van der Waals surface area (Å²) in [6.45, 7) is 1.76. The molecule has 0 radical (unpaired) electrons. The highest BCUT2D eigenvalue weighted by Crippen LogP contribution is 2.38. The number of halogens is 3. The zero-order valence-electron chi connectivity index (χ0n) is 15.5. The molecule has 0 amide bonds. The van der Waals surface area contributed by atoms with E-state index in [1.54, 1.807) is 61.5 Å². The summed E-state index contributed by atoms with van der Waals surface area (Å²) in [5.74, 6) is -0.0180. The van der Waals surface area contributed by atoms with Crippen LogP contribution in [0.1, 0.15) is 31.8 Å². The normalized spacial score (nSPS) is 13.9. The van der Waals surface area contributed by atoms with Crippen LogP contribution in [0.5, 0.6) is 11.5 Å². The van der Waals surface area contributed by atoms with E-state index in [0.717, 1.165) is 4.47 Å². The van der Waals surface area contributed by atoms with E-state index in [1.165, 1.54) is 6.07 Å². The summed E-state index contributed by atoms with van der Waals surface area (Å²) in [7, 11) is 0. The number of ketones is 1. The third-order valence-electron chi connectivity index (χ3n) is 4.48. The maximum atomic E-state index is 12.8. The fourth-order valence-corrected chi connectivity index (χ4v) is 3.78. The van der Waals surface area contributed by atoms with Gasteiger partial charge in [-0.1, -0.05) is 45.2 Å². The Kier molecular flexibility index (Phi) is 5.69. The lowest BCUT2D eigenvalue weighted by molar-refractivity contribution is 0.0734. The number of Topliss-reactive ketones (excluding diaryl/α,β-unsaturated/α-hetero) is 1. The molecule has 0 saturated heterocycles. The number of fused-ring (bicyclic) bond motifs is 1. The summed E-state index contributed by atoms with van der Waals surface area (Å²) in [5, 5.41) is 0.903. The lowest BCUT2D eigenvalue weighted by atomic mass is 10.0. The van der Waals surface area contributed by atoms with E-state index in [0.29, 0.717) is 38.0 Å². The molecule has 0 fully saturated rings. The largest absolute Gasteiger partial charge is 0.452 e. The number of hydrogen-bond acceptors (Lipinski definition) is 4. The van der Waals surface area contributed by atoms with E-state index in [4.69, 9.17) is 32.7 Å². The second-order valence-corrected chi connectivity index (χ2v) is 8.37. The highest BCUT2D eigenvalue weighted by Gasteiger charge is 2.30. The molecule has 3 aromatic rings. The first-order chi connectivity index (χ1) is 14.3. The molecule has 1 heterocycles. The Bertz CT molecular complexity index is 1220. The molecular formula is C23H13BrCl2O4. The molecular weight excluding hydrogens is 491 g/mol. The standard InChI is InChI=1S/C23H13BrCl2O4/c1-12-8-17(29-23(28)13-2-5-15(24)6-3-13)11-19-21(12)22(27)20(30-19)9-14-4-7-16(25)10-18(14)26/h2-11H,1H3/b20-9-. The molecule has 4 rings (SSSR count). The molecule has 0 N–H and O–H groups in total. The summed E-state index contributed by atoms with van der Waals surface area (Å²) >= 11 is 15.4. The van der Waals surface area contributed by atoms with Gasteiger partial charge in [-0.25, -0.2) is 4.79 Å². The maximum Gasteiger partial charge on any atom is 0.343 e. The van der Waals surface area contributed by atoms with Gasteiger partial charge in [-0.3, -0.25) is 4.79 Å². The first kappa shape index (κ1) is 20.7. The van der Waals surface area contributed by atoms with Gasteiger partial charge < -0.3 is 9.47 Å². The van der Waals surface area contributed by atoms with Crippen LogP contribution in [0.25, 0.3) is 6.08 Å². The number of aryl methyl sites for hydroxylation is 1. The van der Waals surface area contributed by atoms with Crippen LogP contribution in [0.2, 0.25) is 10.0 Å². The van der Waals surface area contributed by atoms with Gasteiger partial charge in [0.15, 0.2) is 5.76 Å². The van der Waals surface area contributed by atoms with Crippen molar-refractivity contribution in [3.8, 4) is 11.5 Å². The van der Waals surface area contributed by atoms with E-state index < -0.39 is 5.97 Å². The molecule has 4 nitrogen and oxygen atoms in total. The second kappa shape index (κ2) is 8.26. The average Bonchev–Trinajstić information content (AvgIpc) is 3.00. The first-order valence-electron chi connectivity index (χ1n) is 8.83. The van der Waals surface area contributed by atoms with Crippen molar-refractivity contribution in [3.63, 3.8) is 0 Å². The molecule has 0 atom stereocenters. The Labute approximate surface area is 191 Å². The summed E-state index contributed by atoms with van der Waals surface area (Å²) in [4.78, 5) is 25.2. The van der Waals surface area contributed by atoms with E-state index in [9.17, 15) is 9.59 Å². The van der Waals surface area contributed by atoms with Crippen LogP contribution < -0.4 is 9.47 Å². The van der Waals surface area contributed by atoms with Crippen LogP contribution in [-0.2, 0) is 0 Å². The van der Waals surface area contributed by atoms with Crippen molar-refractivity contribution < 1.29 is 19.1 Å². The van der Waals surface area contributed by atoms with Crippen molar-refractivity contribution in [2.24, 2.45) is 0 Å². The molecule has 0 aliphatic carbocycles. The third kappa shape index (κ3) is 4.15. The van der Waals surface area contributed by atoms with Crippen LogP contribution in [-0.4, -0.2) is 11.8 Å². The summed E-state index contributed by atoms with van der Waals surface area (Å²) in [6, 6.07) is 15.0. The molecule has 7 heteroatoms.